The highest BCUT2D eigenvalue weighted by Crippen LogP contribution is 2.24. The molecule has 0 aliphatic heterocycles. The van der Waals surface area contributed by atoms with Crippen LogP contribution in [0.3, 0.4) is 0 Å². The third-order valence-electron chi connectivity index (χ3n) is 2.10. The number of nitrogens with one attached hydrogen (secondary N) is 1. The number of ether oxygens (including phenoxy) is 1. The largest absolute Gasteiger partial charge is 0.485 e. The standard InChI is InChI=1S/C11H10ClN3O2S/c12-7-3-1-2-4-8(7)17-6-10-14-5-9(18-10)11(16)15-13/h1-5H,6,13H2,(H,15,16). The smallest absolute Gasteiger partial charge is 0.276 e. The lowest BCUT2D eigenvalue weighted by molar-refractivity contribution is 0.0957. The van der Waals surface area contributed by atoms with Crippen LogP contribution in [-0.4, -0.2) is 10.9 Å². The van der Waals surface area contributed by atoms with Gasteiger partial charge >= 0.3 is 0 Å². The van der Waals surface area contributed by atoms with E-state index in [1.165, 1.54) is 17.5 Å². The number of nitrogens with two attached hydrogens (primary N) is 1. The third-order valence-corrected chi connectivity index (χ3v) is 3.38. The molecular formula is C11H10ClN3O2S. The third kappa shape index (κ3) is 2.98. The molecule has 0 saturated carbocycles. The van der Waals surface area contributed by atoms with E-state index in [0.29, 0.717) is 20.7 Å². The Bertz CT molecular complexity index is 559. The molecule has 0 aliphatic carbocycles. The van der Waals surface area contributed by atoms with Gasteiger partial charge in [0.2, 0.25) is 0 Å². The summed E-state index contributed by atoms with van der Waals surface area (Å²) in [7, 11) is 0. The first-order valence-corrected chi connectivity index (χ1v) is 6.23. The van der Waals surface area contributed by atoms with E-state index in [1.54, 1.807) is 12.1 Å². The Morgan fingerprint density at radius 3 is 3.00 bits per heavy atom. The molecule has 5 nitrogen and oxygen atoms in total. The summed E-state index contributed by atoms with van der Waals surface area (Å²) in [5.41, 5.74) is 2.05. The van der Waals surface area contributed by atoms with Crippen LogP contribution in [0, 0.1) is 0 Å². The zero-order chi connectivity index (χ0) is 13.0. The molecule has 1 aromatic carbocycles. The molecule has 0 bridgehead atoms. The van der Waals surface area contributed by atoms with Gasteiger partial charge in [0.15, 0.2) is 0 Å². The Hall–Kier alpha value is -1.63. The van der Waals surface area contributed by atoms with Crippen molar-refractivity contribution in [2.24, 2.45) is 5.84 Å². The van der Waals surface area contributed by atoms with Crippen LogP contribution in [0.4, 0.5) is 0 Å². The Balaban J connectivity index is 2.01. The van der Waals surface area contributed by atoms with Gasteiger partial charge in [-0.2, -0.15) is 0 Å². The molecule has 1 heterocycles. The first-order chi connectivity index (χ1) is 8.70. The molecule has 1 aromatic heterocycles. The number of para-hydroxylation sites is 1. The summed E-state index contributed by atoms with van der Waals surface area (Å²) in [5, 5.41) is 1.21. The van der Waals surface area contributed by atoms with Crippen LogP contribution in [0.5, 0.6) is 5.75 Å². The number of carbonyl (C=O) groups excluding carboxylic acids is 1. The molecule has 3 N–H and O–H groups in total. The van der Waals surface area contributed by atoms with Gasteiger partial charge in [-0.25, -0.2) is 10.8 Å². The van der Waals surface area contributed by atoms with Gasteiger partial charge in [-0.1, -0.05) is 23.7 Å². The van der Waals surface area contributed by atoms with Crippen LogP contribution in [0.15, 0.2) is 30.5 Å². The first-order valence-electron chi connectivity index (χ1n) is 5.03. The van der Waals surface area contributed by atoms with Crippen molar-refractivity contribution in [3.05, 3.63) is 45.4 Å². The molecule has 7 heteroatoms. The minimum atomic E-state index is -0.364. The minimum Gasteiger partial charge on any atom is -0.485 e. The number of rotatable bonds is 4. The van der Waals surface area contributed by atoms with Crippen molar-refractivity contribution in [2.45, 2.75) is 6.61 Å². The predicted molar refractivity (Wildman–Crippen MR) is 69.6 cm³/mol. The molecule has 1 amide bonds. The maximum Gasteiger partial charge on any atom is 0.276 e. The maximum atomic E-state index is 11.2. The lowest BCUT2D eigenvalue weighted by atomic mass is 10.3. The van der Waals surface area contributed by atoms with E-state index in [4.69, 9.17) is 22.2 Å². The molecule has 0 aliphatic rings. The molecule has 18 heavy (non-hydrogen) atoms. The fourth-order valence-electron chi connectivity index (χ4n) is 1.25. The van der Waals surface area contributed by atoms with Crippen LogP contribution < -0.4 is 16.0 Å². The van der Waals surface area contributed by atoms with Crippen molar-refractivity contribution in [2.75, 3.05) is 0 Å². The van der Waals surface area contributed by atoms with Gasteiger partial charge in [-0.05, 0) is 12.1 Å². The number of hydrogen-bond acceptors (Lipinski definition) is 5. The zero-order valence-electron chi connectivity index (χ0n) is 9.22. The second-order valence-electron chi connectivity index (χ2n) is 3.31. The number of nitrogen functional groups attached to an aromatic ring is 1. The van der Waals surface area contributed by atoms with E-state index in [-0.39, 0.29) is 12.5 Å². The molecule has 0 fully saturated rings. The topological polar surface area (TPSA) is 77.2 Å². The van der Waals surface area contributed by atoms with Gasteiger partial charge in [0, 0.05) is 0 Å². The summed E-state index contributed by atoms with van der Waals surface area (Å²) >= 11 is 7.17. The van der Waals surface area contributed by atoms with Crippen LogP contribution >= 0.6 is 22.9 Å². The quantitative estimate of drug-likeness (QED) is 0.511. The van der Waals surface area contributed by atoms with Crippen molar-refractivity contribution in [1.82, 2.24) is 10.4 Å². The lowest BCUT2D eigenvalue weighted by Gasteiger charge is -2.05. The van der Waals surface area contributed by atoms with Gasteiger partial charge in [0.1, 0.15) is 22.2 Å². The van der Waals surface area contributed by atoms with Crippen LogP contribution in [-0.2, 0) is 6.61 Å². The van der Waals surface area contributed by atoms with E-state index in [1.807, 2.05) is 17.6 Å². The number of amides is 1. The molecule has 0 unspecified atom stereocenters. The Labute approximate surface area is 113 Å². The van der Waals surface area contributed by atoms with Crippen molar-refractivity contribution in [1.29, 1.82) is 0 Å². The van der Waals surface area contributed by atoms with Gasteiger partial charge in [-0.15, -0.1) is 11.3 Å². The van der Waals surface area contributed by atoms with E-state index in [9.17, 15) is 4.79 Å². The number of nitrogens with zero attached hydrogens (tertiary/aromatic N) is 1. The molecule has 2 aromatic rings. The van der Waals surface area contributed by atoms with Crippen molar-refractivity contribution < 1.29 is 9.53 Å². The molecule has 0 radical (unpaired) electrons. The van der Waals surface area contributed by atoms with Gasteiger partial charge in [0.05, 0.1) is 11.2 Å². The maximum absolute atomic E-state index is 11.2. The average Bonchev–Trinajstić information content (AvgIpc) is 2.86. The number of carbonyl (C=O) groups is 1. The number of hydrazine groups is 1. The Morgan fingerprint density at radius 2 is 2.28 bits per heavy atom. The summed E-state index contributed by atoms with van der Waals surface area (Å²) in [4.78, 5) is 15.7. The molecule has 94 valence electrons. The van der Waals surface area contributed by atoms with Crippen LogP contribution in [0.2, 0.25) is 5.02 Å². The van der Waals surface area contributed by atoms with E-state index in [0.717, 1.165) is 0 Å². The second kappa shape index (κ2) is 5.81. The molecule has 0 atom stereocenters. The van der Waals surface area contributed by atoms with Crippen molar-refractivity contribution in [3.8, 4) is 5.75 Å². The minimum absolute atomic E-state index is 0.256. The van der Waals surface area contributed by atoms with Gasteiger partial charge < -0.3 is 4.74 Å². The zero-order valence-corrected chi connectivity index (χ0v) is 10.8. The van der Waals surface area contributed by atoms with E-state index in [2.05, 4.69) is 4.98 Å². The Morgan fingerprint density at radius 1 is 1.50 bits per heavy atom. The SMILES string of the molecule is NNC(=O)c1cnc(COc2ccccc2Cl)s1. The fraction of sp³-hybridized carbons (Fsp3) is 0.0909. The average molecular weight is 284 g/mol. The number of halogens is 1. The predicted octanol–water partition coefficient (Wildman–Crippen LogP) is 1.98. The number of thiazole rings is 1. The summed E-state index contributed by atoms with van der Waals surface area (Å²) in [6, 6.07) is 7.16. The lowest BCUT2D eigenvalue weighted by Crippen LogP contribution is -2.29. The van der Waals surface area contributed by atoms with E-state index < -0.39 is 0 Å². The molecule has 2 rings (SSSR count). The summed E-state index contributed by atoms with van der Waals surface area (Å²) in [6.07, 6.45) is 1.46. The Kier molecular flexibility index (Phi) is 4.14. The molecule has 0 saturated heterocycles. The van der Waals surface area contributed by atoms with Crippen molar-refractivity contribution in [3.63, 3.8) is 0 Å². The molecule has 0 spiro atoms. The second-order valence-corrected chi connectivity index (χ2v) is 4.83. The number of aromatic nitrogens is 1. The van der Waals surface area contributed by atoms with Crippen molar-refractivity contribution >= 4 is 28.8 Å². The van der Waals surface area contributed by atoms with Crippen LogP contribution in [0.25, 0.3) is 0 Å². The fourth-order valence-corrected chi connectivity index (χ4v) is 2.18. The van der Waals surface area contributed by atoms with E-state index >= 15 is 0 Å². The molecular weight excluding hydrogens is 274 g/mol. The van der Waals surface area contributed by atoms with Gasteiger partial charge in [0.25, 0.3) is 5.91 Å². The number of hydrogen-bond donors (Lipinski definition) is 2. The summed E-state index contributed by atoms with van der Waals surface area (Å²) in [6.45, 7) is 0.256. The highest BCUT2D eigenvalue weighted by Gasteiger charge is 2.09. The summed E-state index contributed by atoms with van der Waals surface area (Å²) in [5.74, 6) is 5.25. The first kappa shape index (κ1) is 12.8. The normalized spacial score (nSPS) is 10.1. The monoisotopic (exact) mass is 283 g/mol. The summed E-state index contributed by atoms with van der Waals surface area (Å²) < 4.78 is 5.50. The number of benzene rings is 1. The highest BCUT2D eigenvalue weighted by atomic mass is 35.5. The van der Waals surface area contributed by atoms with Gasteiger partial charge in [-0.3, -0.25) is 10.2 Å². The highest BCUT2D eigenvalue weighted by molar-refractivity contribution is 7.13. The van der Waals surface area contributed by atoms with Crippen LogP contribution in [0.1, 0.15) is 14.7 Å².